The smallest absolute Gasteiger partial charge is 0.355 e. The normalized spacial score (nSPS) is 17.2. The van der Waals surface area contributed by atoms with E-state index in [2.05, 4.69) is 5.32 Å². The third-order valence-electron chi connectivity index (χ3n) is 3.41. The van der Waals surface area contributed by atoms with Gasteiger partial charge in [0.2, 0.25) is 5.91 Å². The number of benzene rings is 2. The molecule has 1 saturated heterocycles. The van der Waals surface area contributed by atoms with Crippen molar-refractivity contribution in [1.29, 1.82) is 0 Å². The summed E-state index contributed by atoms with van der Waals surface area (Å²) in [6.07, 6.45) is -3.48. The van der Waals surface area contributed by atoms with Crippen molar-refractivity contribution in [3.63, 3.8) is 0 Å². The lowest BCUT2D eigenvalue weighted by Crippen LogP contribution is -2.29. The highest BCUT2D eigenvalue weighted by atomic mass is 19.4. The lowest BCUT2D eigenvalue weighted by atomic mass is 10.0. The Labute approximate surface area is 132 Å². The van der Waals surface area contributed by atoms with Crippen LogP contribution in [0.2, 0.25) is 0 Å². The van der Waals surface area contributed by atoms with Crippen LogP contribution in [-0.4, -0.2) is 18.5 Å². The minimum Gasteiger partial charge on any atom is -0.355 e. The maximum atomic E-state index is 12.3. The lowest BCUT2D eigenvalue weighted by molar-refractivity contribution is -0.137. The summed E-state index contributed by atoms with van der Waals surface area (Å²) in [7, 11) is 0. The van der Waals surface area contributed by atoms with E-state index >= 15 is 0 Å². The first-order valence-electron chi connectivity index (χ1n) is 7.14. The molecule has 6 heteroatoms. The molecule has 3 rings (SSSR count). The standard InChI is InChI=1S/C13H9F3.C4H8N2O/c14-13(15,16)12-8-6-11(7-9-12)10-4-2-1-3-5-10;5-3-1-2-6-4(3)7/h1-9H;3H,1-2,5H2,(H,6,7). The van der Waals surface area contributed by atoms with Gasteiger partial charge < -0.3 is 11.1 Å². The Balaban J connectivity index is 0.000000229. The lowest BCUT2D eigenvalue weighted by Gasteiger charge is -2.07. The van der Waals surface area contributed by atoms with Crippen LogP contribution < -0.4 is 11.1 Å². The van der Waals surface area contributed by atoms with Crippen molar-refractivity contribution in [2.75, 3.05) is 6.54 Å². The van der Waals surface area contributed by atoms with Crippen LogP contribution in [0, 0.1) is 0 Å². The van der Waals surface area contributed by atoms with Gasteiger partial charge in [0.1, 0.15) is 0 Å². The summed E-state index contributed by atoms with van der Waals surface area (Å²) in [4.78, 5) is 10.3. The molecule has 1 heterocycles. The van der Waals surface area contributed by atoms with Crippen LogP contribution in [0.5, 0.6) is 0 Å². The molecular formula is C17H17F3N2O. The highest BCUT2D eigenvalue weighted by molar-refractivity contribution is 5.83. The molecule has 3 nitrogen and oxygen atoms in total. The van der Waals surface area contributed by atoms with E-state index in [-0.39, 0.29) is 11.9 Å². The molecule has 0 aliphatic carbocycles. The minimum atomic E-state index is -4.27. The second-order valence-corrected chi connectivity index (χ2v) is 5.13. The van der Waals surface area contributed by atoms with Gasteiger partial charge in [-0.3, -0.25) is 4.79 Å². The van der Waals surface area contributed by atoms with Crippen molar-refractivity contribution in [2.24, 2.45) is 5.73 Å². The van der Waals surface area contributed by atoms with Crippen molar-refractivity contribution in [3.05, 3.63) is 60.2 Å². The van der Waals surface area contributed by atoms with Crippen LogP contribution in [0.25, 0.3) is 11.1 Å². The molecule has 0 saturated carbocycles. The number of hydrogen-bond donors (Lipinski definition) is 2. The molecule has 3 N–H and O–H groups in total. The van der Waals surface area contributed by atoms with Gasteiger partial charge in [0, 0.05) is 6.54 Å². The molecule has 23 heavy (non-hydrogen) atoms. The average molecular weight is 322 g/mol. The fraction of sp³-hybridized carbons (Fsp3) is 0.235. The van der Waals surface area contributed by atoms with E-state index in [1.165, 1.54) is 12.1 Å². The van der Waals surface area contributed by atoms with Crippen LogP contribution in [0.4, 0.5) is 13.2 Å². The highest BCUT2D eigenvalue weighted by Crippen LogP contribution is 2.30. The number of rotatable bonds is 1. The summed E-state index contributed by atoms with van der Waals surface area (Å²) in [6, 6.07) is 14.2. The number of nitrogens with one attached hydrogen (secondary N) is 1. The van der Waals surface area contributed by atoms with Gasteiger partial charge in [-0.2, -0.15) is 13.2 Å². The van der Waals surface area contributed by atoms with E-state index in [1.54, 1.807) is 0 Å². The first-order chi connectivity index (χ1) is 10.9. The number of carbonyl (C=O) groups excluding carboxylic acids is 1. The van der Waals surface area contributed by atoms with Crippen molar-refractivity contribution < 1.29 is 18.0 Å². The van der Waals surface area contributed by atoms with Crippen LogP contribution in [0.1, 0.15) is 12.0 Å². The number of nitrogens with two attached hydrogens (primary N) is 1. The fourth-order valence-corrected chi connectivity index (χ4v) is 2.10. The topological polar surface area (TPSA) is 55.1 Å². The van der Waals surface area contributed by atoms with Gasteiger partial charge in [0.05, 0.1) is 11.6 Å². The molecule has 122 valence electrons. The SMILES string of the molecule is FC(F)(F)c1ccc(-c2ccccc2)cc1.NC1CCNC1=O. The molecule has 1 fully saturated rings. The second-order valence-electron chi connectivity index (χ2n) is 5.13. The van der Waals surface area contributed by atoms with Gasteiger partial charge in [-0.15, -0.1) is 0 Å². The molecule has 1 unspecified atom stereocenters. The van der Waals surface area contributed by atoms with E-state index in [0.717, 1.165) is 36.2 Å². The van der Waals surface area contributed by atoms with Crippen molar-refractivity contribution in [2.45, 2.75) is 18.6 Å². The molecule has 0 aromatic heterocycles. The predicted molar refractivity (Wildman–Crippen MR) is 82.5 cm³/mol. The quantitative estimate of drug-likeness (QED) is 0.847. The van der Waals surface area contributed by atoms with Crippen LogP contribution in [0.15, 0.2) is 54.6 Å². The van der Waals surface area contributed by atoms with Crippen LogP contribution in [-0.2, 0) is 11.0 Å². The Morgan fingerprint density at radius 1 is 0.957 bits per heavy atom. The molecule has 2 aromatic rings. The van der Waals surface area contributed by atoms with Gasteiger partial charge >= 0.3 is 6.18 Å². The van der Waals surface area contributed by atoms with E-state index in [4.69, 9.17) is 5.73 Å². The molecule has 2 aromatic carbocycles. The zero-order chi connectivity index (χ0) is 16.9. The number of hydrogen-bond acceptors (Lipinski definition) is 2. The first-order valence-corrected chi connectivity index (χ1v) is 7.14. The minimum absolute atomic E-state index is 0.0139. The fourth-order valence-electron chi connectivity index (χ4n) is 2.10. The molecule has 0 spiro atoms. The molecule has 1 amide bonds. The molecule has 0 bridgehead atoms. The summed E-state index contributed by atoms with van der Waals surface area (Å²) in [5.74, 6) is -0.0139. The Hall–Kier alpha value is -2.34. The van der Waals surface area contributed by atoms with Crippen LogP contribution >= 0.6 is 0 Å². The third-order valence-corrected chi connectivity index (χ3v) is 3.41. The highest BCUT2D eigenvalue weighted by Gasteiger charge is 2.29. The summed E-state index contributed by atoms with van der Waals surface area (Å²) in [6.45, 7) is 0.750. The van der Waals surface area contributed by atoms with Gasteiger partial charge in [-0.25, -0.2) is 0 Å². The van der Waals surface area contributed by atoms with Crippen molar-refractivity contribution >= 4 is 5.91 Å². The number of alkyl halides is 3. The molecule has 1 atom stereocenters. The van der Waals surface area contributed by atoms with E-state index in [1.807, 2.05) is 30.3 Å². The largest absolute Gasteiger partial charge is 0.416 e. The summed E-state index contributed by atoms with van der Waals surface area (Å²) in [5.41, 5.74) is 6.35. The Morgan fingerprint density at radius 2 is 1.52 bits per heavy atom. The summed E-state index contributed by atoms with van der Waals surface area (Å²) >= 11 is 0. The predicted octanol–water partition coefficient (Wildman–Crippen LogP) is 3.21. The first kappa shape index (κ1) is 17.0. The summed E-state index contributed by atoms with van der Waals surface area (Å²) in [5, 5.41) is 2.61. The van der Waals surface area contributed by atoms with Crippen molar-refractivity contribution in [3.8, 4) is 11.1 Å². The number of amides is 1. The average Bonchev–Trinajstić information content (AvgIpc) is 2.92. The van der Waals surface area contributed by atoms with E-state index < -0.39 is 11.7 Å². The van der Waals surface area contributed by atoms with Gasteiger partial charge in [0.15, 0.2) is 0 Å². The summed E-state index contributed by atoms with van der Waals surface area (Å²) < 4.78 is 37.0. The Morgan fingerprint density at radius 3 is 1.91 bits per heavy atom. The maximum absolute atomic E-state index is 12.3. The maximum Gasteiger partial charge on any atom is 0.416 e. The Kier molecular flexibility index (Phi) is 5.39. The van der Waals surface area contributed by atoms with E-state index in [0.29, 0.717) is 0 Å². The molecular weight excluding hydrogens is 305 g/mol. The molecule has 1 aliphatic heterocycles. The number of carbonyl (C=O) groups is 1. The van der Waals surface area contributed by atoms with Gasteiger partial charge in [0.25, 0.3) is 0 Å². The monoisotopic (exact) mass is 322 g/mol. The number of halogens is 3. The zero-order valence-electron chi connectivity index (χ0n) is 12.3. The second kappa shape index (κ2) is 7.28. The third kappa shape index (κ3) is 4.82. The van der Waals surface area contributed by atoms with Crippen LogP contribution in [0.3, 0.4) is 0 Å². The molecule has 0 radical (unpaired) electrons. The van der Waals surface area contributed by atoms with Gasteiger partial charge in [-0.1, -0.05) is 42.5 Å². The Bertz CT molecular complexity index is 639. The molecule has 1 aliphatic rings. The van der Waals surface area contributed by atoms with E-state index in [9.17, 15) is 18.0 Å². The van der Waals surface area contributed by atoms with Gasteiger partial charge in [-0.05, 0) is 29.7 Å². The zero-order valence-corrected chi connectivity index (χ0v) is 12.3. The van der Waals surface area contributed by atoms with Crippen molar-refractivity contribution in [1.82, 2.24) is 5.32 Å².